The van der Waals surface area contributed by atoms with Crippen molar-refractivity contribution in [2.75, 3.05) is 6.61 Å². The molecule has 6 unspecified atom stereocenters. The quantitative estimate of drug-likeness (QED) is 0.236. The summed E-state index contributed by atoms with van der Waals surface area (Å²) in [7, 11) is 0. The summed E-state index contributed by atoms with van der Waals surface area (Å²) in [6.07, 6.45) is 1.41. The van der Waals surface area contributed by atoms with Crippen LogP contribution in [0.25, 0.3) is 10.7 Å². The van der Waals surface area contributed by atoms with Crippen LogP contribution in [0.3, 0.4) is 0 Å². The van der Waals surface area contributed by atoms with Gasteiger partial charge < -0.3 is 23.7 Å². The van der Waals surface area contributed by atoms with Gasteiger partial charge in [-0.3, -0.25) is 29.1 Å². The van der Waals surface area contributed by atoms with Gasteiger partial charge in [-0.05, 0) is 6.92 Å². The first-order chi connectivity index (χ1) is 20.4. The second kappa shape index (κ2) is 14.1. The van der Waals surface area contributed by atoms with Crippen molar-refractivity contribution < 1.29 is 42.9 Å². The highest BCUT2D eigenvalue weighted by Crippen LogP contribution is 2.38. The number of ether oxygens (including phenoxy) is 5. The van der Waals surface area contributed by atoms with E-state index in [1.165, 1.54) is 50.4 Å². The van der Waals surface area contributed by atoms with Crippen molar-refractivity contribution in [1.29, 1.82) is 0 Å². The first kappa shape index (κ1) is 32.1. The number of carbonyl (C=O) groups excluding carboxylic acids is 4. The third-order valence-electron chi connectivity index (χ3n) is 6.47. The van der Waals surface area contributed by atoms with E-state index in [4.69, 9.17) is 23.7 Å². The molecule has 0 aromatic carbocycles. The molecule has 6 atom stereocenters. The Bertz CT molecular complexity index is 1460. The molecule has 230 valence electrons. The second-order valence-electron chi connectivity index (χ2n) is 9.88. The van der Waals surface area contributed by atoms with Crippen LogP contribution >= 0.6 is 22.7 Å². The maximum Gasteiger partial charge on any atom is 0.303 e. The van der Waals surface area contributed by atoms with Gasteiger partial charge in [0.15, 0.2) is 18.3 Å². The Morgan fingerprint density at radius 2 is 1.51 bits per heavy atom. The third kappa shape index (κ3) is 8.18. The maximum absolute atomic E-state index is 12.1. The van der Waals surface area contributed by atoms with E-state index in [1.54, 1.807) is 24.8 Å². The lowest BCUT2D eigenvalue weighted by atomic mass is 9.92. The second-order valence-corrected chi connectivity index (χ2v) is 12.1. The van der Waals surface area contributed by atoms with E-state index >= 15 is 0 Å². The van der Waals surface area contributed by atoms with Gasteiger partial charge in [-0.2, -0.15) is 0 Å². The van der Waals surface area contributed by atoms with Crippen LogP contribution in [0.1, 0.15) is 61.0 Å². The number of rotatable bonds is 10. The fraction of sp³-hybridized carbons (Fsp3) is 0.500. The van der Waals surface area contributed by atoms with Crippen molar-refractivity contribution in [3.63, 3.8) is 0 Å². The fourth-order valence-electron chi connectivity index (χ4n) is 4.73. The standard InChI is InChI=1S/C28H32N4O9S2/c1-13(27-14(2)32-28(43-27)19-10-29-7-8-30-19)22-11-31-23(42-22)9-20-24(38-16(4)34)26(40-18(6)36)25(39-17(5)35)21(41-20)12-37-15(3)33/h7-8,10-11,13,20-21,24-26H,9,12H2,1-6H3. The summed E-state index contributed by atoms with van der Waals surface area (Å²) in [6.45, 7) is 8.53. The molecule has 0 saturated carbocycles. The lowest BCUT2D eigenvalue weighted by Crippen LogP contribution is -2.62. The number of hydrogen-bond acceptors (Lipinski definition) is 15. The first-order valence-electron chi connectivity index (χ1n) is 13.4. The summed E-state index contributed by atoms with van der Waals surface area (Å²) < 4.78 is 27.9. The topological polar surface area (TPSA) is 166 Å². The van der Waals surface area contributed by atoms with Crippen molar-refractivity contribution in [2.45, 2.75) is 84.4 Å². The molecule has 4 heterocycles. The molecule has 13 nitrogen and oxygen atoms in total. The number of carbonyl (C=O) groups is 4. The van der Waals surface area contributed by atoms with E-state index in [0.717, 1.165) is 20.5 Å². The number of hydrogen-bond donors (Lipinski definition) is 0. The molecule has 0 spiro atoms. The third-order valence-corrected chi connectivity index (χ3v) is 9.03. The van der Waals surface area contributed by atoms with E-state index in [-0.39, 0.29) is 18.9 Å². The lowest BCUT2D eigenvalue weighted by Gasteiger charge is -2.44. The summed E-state index contributed by atoms with van der Waals surface area (Å²) in [4.78, 5) is 67.6. The van der Waals surface area contributed by atoms with Crippen molar-refractivity contribution >= 4 is 46.6 Å². The highest BCUT2D eigenvalue weighted by Gasteiger charge is 2.52. The Kier molecular flexibility index (Phi) is 10.5. The van der Waals surface area contributed by atoms with E-state index in [0.29, 0.717) is 10.7 Å². The number of thiazole rings is 2. The van der Waals surface area contributed by atoms with Crippen LogP contribution < -0.4 is 0 Å². The zero-order valence-electron chi connectivity index (χ0n) is 24.5. The molecule has 1 aliphatic rings. The molecule has 4 rings (SSSR count). The minimum absolute atomic E-state index is 0.0235. The molecule has 43 heavy (non-hydrogen) atoms. The normalized spacial score (nSPS) is 22.3. The Labute approximate surface area is 255 Å². The number of esters is 4. The molecule has 0 N–H and O–H groups in total. The van der Waals surface area contributed by atoms with Crippen LogP contribution in [0, 0.1) is 6.92 Å². The molecular weight excluding hydrogens is 600 g/mol. The smallest absolute Gasteiger partial charge is 0.303 e. The minimum atomic E-state index is -1.22. The summed E-state index contributed by atoms with van der Waals surface area (Å²) >= 11 is 2.99. The molecule has 3 aromatic heterocycles. The number of aryl methyl sites for hydroxylation is 1. The van der Waals surface area contributed by atoms with Crippen LogP contribution in [0.2, 0.25) is 0 Å². The van der Waals surface area contributed by atoms with Crippen molar-refractivity contribution in [3.05, 3.63) is 45.2 Å². The van der Waals surface area contributed by atoms with Crippen molar-refractivity contribution in [3.8, 4) is 10.7 Å². The monoisotopic (exact) mass is 632 g/mol. The van der Waals surface area contributed by atoms with E-state index in [1.807, 2.05) is 6.92 Å². The van der Waals surface area contributed by atoms with Crippen molar-refractivity contribution in [2.24, 2.45) is 0 Å². The Morgan fingerprint density at radius 3 is 2.12 bits per heavy atom. The van der Waals surface area contributed by atoms with Gasteiger partial charge in [0.2, 0.25) is 0 Å². The van der Waals surface area contributed by atoms with Crippen LogP contribution in [-0.4, -0.2) is 80.9 Å². The van der Waals surface area contributed by atoms with Crippen molar-refractivity contribution in [1.82, 2.24) is 19.9 Å². The van der Waals surface area contributed by atoms with Gasteiger partial charge in [0.1, 0.15) is 29.5 Å². The molecule has 0 bridgehead atoms. The minimum Gasteiger partial charge on any atom is -0.463 e. The van der Waals surface area contributed by atoms with Gasteiger partial charge in [0, 0.05) is 68.4 Å². The van der Waals surface area contributed by atoms with Crippen LogP contribution in [0.15, 0.2) is 24.8 Å². The molecule has 0 radical (unpaired) electrons. The highest BCUT2D eigenvalue weighted by atomic mass is 32.1. The number of aromatic nitrogens is 4. The molecule has 1 aliphatic heterocycles. The van der Waals surface area contributed by atoms with E-state index in [2.05, 4.69) is 26.9 Å². The molecule has 0 aliphatic carbocycles. The molecule has 1 saturated heterocycles. The molecule has 3 aromatic rings. The van der Waals surface area contributed by atoms with Gasteiger partial charge in [0.25, 0.3) is 0 Å². The summed E-state index contributed by atoms with van der Waals surface area (Å²) in [5, 5.41) is 1.44. The zero-order valence-corrected chi connectivity index (χ0v) is 26.1. The largest absolute Gasteiger partial charge is 0.463 e. The Balaban J connectivity index is 1.61. The molecule has 15 heteroatoms. The maximum atomic E-state index is 12.1. The molecule has 1 fully saturated rings. The van der Waals surface area contributed by atoms with Gasteiger partial charge in [-0.1, -0.05) is 6.92 Å². The summed E-state index contributed by atoms with van der Waals surface area (Å²) in [5.41, 5.74) is 1.58. The zero-order chi connectivity index (χ0) is 31.3. The number of nitrogens with zero attached hydrogens (tertiary/aromatic N) is 4. The Hall–Kier alpha value is -3.82. The van der Waals surface area contributed by atoms with Gasteiger partial charge in [0.05, 0.1) is 16.9 Å². The SMILES string of the molecule is CC(=O)OCC1OC(Cc2ncc(C(C)c3sc(-c4cnccn4)nc3C)s2)C(OC(C)=O)C(OC(C)=O)C1OC(C)=O. The lowest BCUT2D eigenvalue weighted by molar-refractivity contribution is -0.252. The van der Waals surface area contributed by atoms with Gasteiger partial charge >= 0.3 is 23.9 Å². The summed E-state index contributed by atoms with van der Waals surface area (Å²) in [5.74, 6) is -2.61. The predicted octanol–water partition coefficient (Wildman–Crippen LogP) is 3.18. The van der Waals surface area contributed by atoms with E-state index < -0.39 is 54.4 Å². The Morgan fingerprint density at radius 1 is 0.860 bits per heavy atom. The van der Waals surface area contributed by atoms with Gasteiger partial charge in [-0.15, -0.1) is 22.7 Å². The van der Waals surface area contributed by atoms with Crippen LogP contribution in [0.5, 0.6) is 0 Å². The average Bonchev–Trinajstić information content (AvgIpc) is 3.57. The summed E-state index contributed by atoms with van der Waals surface area (Å²) in [6, 6.07) is 0. The average molecular weight is 633 g/mol. The van der Waals surface area contributed by atoms with Gasteiger partial charge in [-0.25, -0.2) is 9.97 Å². The van der Waals surface area contributed by atoms with Crippen LogP contribution in [-0.2, 0) is 49.3 Å². The predicted molar refractivity (Wildman–Crippen MR) is 153 cm³/mol. The van der Waals surface area contributed by atoms with E-state index in [9.17, 15) is 19.2 Å². The highest BCUT2D eigenvalue weighted by molar-refractivity contribution is 7.15. The fourth-order valence-corrected chi connectivity index (χ4v) is 6.93. The van der Waals surface area contributed by atoms with Crippen LogP contribution in [0.4, 0.5) is 0 Å². The molecular formula is C28H32N4O9S2. The molecule has 0 amide bonds. The first-order valence-corrected chi connectivity index (χ1v) is 15.0.